The number of benzene rings is 1. The zero-order valence-corrected chi connectivity index (χ0v) is 9.99. The average molecular weight is 241 g/mol. The lowest BCUT2D eigenvalue weighted by Gasteiger charge is -2.29. The molecule has 0 amide bonds. The van der Waals surface area contributed by atoms with Crippen molar-refractivity contribution in [2.24, 2.45) is 5.92 Å². The molecule has 1 aromatic carbocycles. The van der Waals surface area contributed by atoms with Crippen LogP contribution in [-0.2, 0) is 4.74 Å². The second kappa shape index (κ2) is 5.67. The normalized spacial score (nSPS) is 19.6. The van der Waals surface area contributed by atoms with Crippen LogP contribution in [-0.4, -0.2) is 24.9 Å². The fourth-order valence-electron chi connectivity index (χ4n) is 2.40. The lowest BCUT2D eigenvalue weighted by atomic mass is 9.82. The van der Waals surface area contributed by atoms with E-state index in [4.69, 9.17) is 16.3 Å². The van der Waals surface area contributed by atoms with Gasteiger partial charge in [-0.2, -0.15) is 0 Å². The van der Waals surface area contributed by atoms with Gasteiger partial charge in [0.1, 0.15) is 0 Å². The molecule has 1 heterocycles. The zero-order valence-electron chi connectivity index (χ0n) is 9.23. The van der Waals surface area contributed by atoms with Gasteiger partial charge in [-0.1, -0.05) is 29.8 Å². The third-order valence-corrected chi connectivity index (χ3v) is 3.68. The lowest BCUT2D eigenvalue weighted by molar-refractivity contribution is 0.0493. The minimum absolute atomic E-state index is 0.151. The highest BCUT2D eigenvalue weighted by atomic mass is 35.5. The van der Waals surface area contributed by atoms with Crippen LogP contribution >= 0.6 is 11.6 Å². The molecular weight excluding hydrogens is 224 g/mol. The molecule has 1 atom stereocenters. The molecule has 1 aliphatic heterocycles. The summed E-state index contributed by atoms with van der Waals surface area (Å²) >= 11 is 6.17. The summed E-state index contributed by atoms with van der Waals surface area (Å²) in [6, 6.07) is 7.80. The Morgan fingerprint density at radius 2 is 2.00 bits per heavy atom. The van der Waals surface area contributed by atoms with Crippen molar-refractivity contribution in [3.63, 3.8) is 0 Å². The summed E-state index contributed by atoms with van der Waals surface area (Å²) in [5.74, 6) is 0.635. The molecule has 0 radical (unpaired) electrons. The molecule has 0 saturated carbocycles. The first kappa shape index (κ1) is 11.9. The van der Waals surface area contributed by atoms with E-state index in [2.05, 4.69) is 0 Å². The van der Waals surface area contributed by atoms with Crippen molar-refractivity contribution < 1.29 is 9.84 Å². The van der Waals surface area contributed by atoms with Crippen molar-refractivity contribution in [2.45, 2.75) is 18.8 Å². The van der Waals surface area contributed by atoms with Crippen LogP contribution in [0.5, 0.6) is 0 Å². The molecule has 1 unspecified atom stereocenters. The number of ether oxygens (including phenoxy) is 1. The number of hydrogen-bond donors (Lipinski definition) is 1. The number of hydrogen-bond acceptors (Lipinski definition) is 2. The molecule has 1 saturated heterocycles. The Bertz CT molecular complexity index is 334. The van der Waals surface area contributed by atoms with E-state index in [-0.39, 0.29) is 12.5 Å². The second-order valence-electron chi connectivity index (χ2n) is 4.26. The topological polar surface area (TPSA) is 29.5 Å². The first-order valence-electron chi connectivity index (χ1n) is 5.76. The van der Waals surface area contributed by atoms with Crippen LogP contribution in [0.4, 0.5) is 0 Å². The van der Waals surface area contributed by atoms with Crippen molar-refractivity contribution in [2.75, 3.05) is 19.8 Å². The summed E-state index contributed by atoms with van der Waals surface area (Å²) in [5.41, 5.74) is 1.07. The van der Waals surface area contributed by atoms with Gasteiger partial charge in [-0.3, -0.25) is 0 Å². The van der Waals surface area contributed by atoms with Crippen LogP contribution in [0.1, 0.15) is 24.3 Å². The van der Waals surface area contributed by atoms with Crippen LogP contribution in [0.25, 0.3) is 0 Å². The summed E-state index contributed by atoms with van der Waals surface area (Å²) in [4.78, 5) is 0. The van der Waals surface area contributed by atoms with Crippen LogP contribution in [0.3, 0.4) is 0 Å². The summed E-state index contributed by atoms with van der Waals surface area (Å²) in [6.45, 7) is 1.76. The van der Waals surface area contributed by atoms with E-state index in [1.54, 1.807) is 0 Å². The number of rotatable bonds is 3. The molecule has 0 aliphatic carbocycles. The maximum Gasteiger partial charge on any atom is 0.0502 e. The third-order valence-electron chi connectivity index (χ3n) is 3.34. The minimum Gasteiger partial charge on any atom is -0.396 e. The van der Waals surface area contributed by atoms with Crippen molar-refractivity contribution >= 4 is 11.6 Å². The molecule has 0 bridgehead atoms. The number of halogens is 1. The van der Waals surface area contributed by atoms with E-state index in [0.717, 1.165) is 36.6 Å². The van der Waals surface area contributed by atoms with E-state index in [1.807, 2.05) is 24.3 Å². The largest absolute Gasteiger partial charge is 0.396 e. The standard InChI is InChI=1S/C13H17ClO2/c14-13-4-2-1-3-11(13)12(9-15)10-5-7-16-8-6-10/h1-4,10,12,15H,5-9H2. The summed E-state index contributed by atoms with van der Waals surface area (Å²) in [5, 5.41) is 10.3. The zero-order chi connectivity index (χ0) is 11.4. The third kappa shape index (κ3) is 2.57. The Labute approximate surface area is 101 Å². The highest BCUT2D eigenvalue weighted by molar-refractivity contribution is 6.31. The molecule has 0 aromatic heterocycles. The molecule has 88 valence electrons. The lowest BCUT2D eigenvalue weighted by Crippen LogP contribution is -2.24. The maximum atomic E-state index is 9.56. The summed E-state index contributed by atoms with van der Waals surface area (Å²) < 4.78 is 5.35. The van der Waals surface area contributed by atoms with Gasteiger partial charge in [0.2, 0.25) is 0 Å². The van der Waals surface area contributed by atoms with Gasteiger partial charge in [-0.15, -0.1) is 0 Å². The molecule has 1 N–H and O–H groups in total. The number of aliphatic hydroxyl groups is 1. The molecule has 1 aromatic rings. The van der Waals surface area contributed by atoms with E-state index in [9.17, 15) is 5.11 Å². The Hall–Kier alpha value is -0.570. The van der Waals surface area contributed by atoms with Gasteiger partial charge in [0, 0.05) is 24.2 Å². The van der Waals surface area contributed by atoms with Gasteiger partial charge in [-0.05, 0) is 30.4 Å². The van der Waals surface area contributed by atoms with Gasteiger partial charge in [0.25, 0.3) is 0 Å². The van der Waals surface area contributed by atoms with E-state index in [1.165, 1.54) is 0 Å². The fraction of sp³-hybridized carbons (Fsp3) is 0.538. The molecule has 16 heavy (non-hydrogen) atoms. The van der Waals surface area contributed by atoms with Crippen molar-refractivity contribution in [3.05, 3.63) is 34.9 Å². The van der Waals surface area contributed by atoms with Crippen molar-refractivity contribution in [3.8, 4) is 0 Å². The van der Waals surface area contributed by atoms with Crippen LogP contribution in [0.15, 0.2) is 24.3 Å². The Morgan fingerprint density at radius 1 is 1.31 bits per heavy atom. The SMILES string of the molecule is OCC(c1ccccc1Cl)C1CCOCC1. The Morgan fingerprint density at radius 3 is 2.62 bits per heavy atom. The predicted molar refractivity (Wildman–Crippen MR) is 64.8 cm³/mol. The van der Waals surface area contributed by atoms with Gasteiger partial charge >= 0.3 is 0 Å². The molecule has 1 fully saturated rings. The highest BCUT2D eigenvalue weighted by Gasteiger charge is 2.26. The van der Waals surface area contributed by atoms with E-state index < -0.39 is 0 Å². The van der Waals surface area contributed by atoms with Gasteiger partial charge in [0.15, 0.2) is 0 Å². The summed E-state index contributed by atoms with van der Waals surface area (Å²) in [6.07, 6.45) is 2.02. The quantitative estimate of drug-likeness (QED) is 0.881. The smallest absolute Gasteiger partial charge is 0.0502 e. The van der Waals surface area contributed by atoms with Crippen molar-refractivity contribution in [1.82, 2.24) is 0 Å². The van der Waals surface area contributed by atoms with Gasteiger partial charge in [0.05, 0.1) is 6.61 Å². The molecule has 1 aliphatic rings. The predicted octanol–water partition coefficient (Wildman–Crippen LogP) is 2.84. The highest BCUT2D eigenvalue weighted by Crippen LogP contribution is 2.35. The average Bonchev–Trinajstić information content (AvgIpc) is 2.34. The fourth-order valence-corrected chi connectivity index (χ4v) is 2.67. The molecule has 2 rings (SSSR count). The Balaban J connectivity index is 2.18. The van der Waals surface area contributed by atoms with Crippen LogP contribution in [0.2, 0.25) is 5.02 Å². The van der Waals surface area contributed by atoms with Crippen LogP contribution < -0.4 is 0 Å². The Kier molecular flexibility index (Phi) is 4.22. The van der Waals surface area contributed by atoms with Crippen LogP contribution in [0, 0.1) is 5.92 Å². The maximum absolute atomic E-state index is 9.56. The minimum atomic E-state index is 0.151. The number of aliphatic hydroxyl groups excluding tert-OH is 1. The monoisotopic (exact) mass is 240 g/mol. The first-order valence-corrected chi connectivity index (χ1v) is 6.13. The van der Waals surface area contributed by atoms with E-state index >= 15 is 0 Å². The van der Waals surface area contributed by atoms with Crippen molar-refractivity contribution in [1.29, 1.82) is 0 Å². The molecule has 0 spiro atoms. The first-order chi connectivity index (χ1) is 7.83. The van der Waals surface area contributed by atoms with Gasteiger partial charge < -0.3 is 9.84 Å². The second-order valence-corrected chi connectivity index (χ2v) is 4.67. The molecular formula is C13H17ClO2. The molecule has 3 heteroatoms. The summed E-state index contributed by atoms with van der Waals surface area (Å²) in [7, 11) is 0. The molecule has 2 nitrogen and oxygen atoms in total. The van der Waals surface area contributed by atoms with Gasteiger partial charge in [-0.25, -0.2) is 0 Å². The van der Waals surface area contributed by atoms with E-state index in [0.29, 0.717) is 5.92 Å².